The summed E-state index contributed by atoms with van der Waals surface area (Å²) >= 11 is 0. The lowest BCUT2D eigenvalue weighted by atomic mass is 9.46. The molecule has 3 fully saturated rings. The number of allylic oxidation sites excluding steroid dienone is 2. The van der Waals surface area contributed by atoms with E-state index in [4.69, 9.17) is 0 Å². The van der Waals surface area contributed by atoms with Crippen LogP contribution in [0.2, 0.25) is 0 Å². The average molecular weight is 272 g/mol. The molecule has 0 aromatic carbocycles. The Balaban J connectivity index is 1.70. The van der Waals surface area contributed by atoms with Gasteiger partial charge in [-0.05, 0) is 67.1 Å². The van der Waals surface area contributed by atoms with Crippen LogP contribution in [0.4, 0.5) is 0 Å². The van der Waals surface area contributed by atoms with E-state index in [9.17, 15) is 4.79 Å². The molecular weight excluding hydrogens is 244 g/mol. The maximum absolute atomic E-state index is 12.3. The Morgan fingerprint density at radius 3 is 2.75 bits per heavy atom. The predicted molar refractivity (Wildman–Crippen MR) is 81.3 cm³/mol. The van der Waals surface area contributed by atoms with Crippen molar-refractivity contribution in [2.45, 2.75) is 65.2 Å². The lowest BCUT2D eigenvalue weighted by Gasteiger charge is -2.57. The van der Waals surface area contributed by atoms with Crippen LogP contribution in [0.25, 0.3) is 0 Å². The van der Waals surface area contributed by atoms with E-state index in [2.05, 4.69) is 26.0 Å². The van der Waals surface area contributed by atoms with E-state index in [0.717, 1.165) is 24.2 Å². The molecule has 6 atom stereocenters. The van der Waals surface area contributed by atoms with Gasteiger partial charge >= 0.3 is 0 Å². The molecule has 3 saturated carbocycles. The highest BCUT2D eigenvalue weighted by atomic mass is 16.1. The number of carbonyl (C=O) groups excluding carboxylic acids is 1. The van der Waals surface area contributed by atoms with Crippen molar-refractivity contribution in [3.8, 4) is 0 Å². The molecule has 0 bridgehead atoms. The number of ketones is 1. The van der Waals surface area contributed by atoms with E-state index in [-0.39, 0.29) is 5.41 Å². The molecule has 0 aromatic rings. The Labute approximate surface area is 123 Å². The van der Waals surface area contributed by atoms with Crippen LogP contribution in [0.1, 0.15) is 65.2 Å². The zero-order valence-electron chi connectivity index (χ0n) is 13.0. The zero-order chi connectivity index (χ0) is 14.0. The summed E-state index contributed by atoms with van der Waals surface area (Å²) in [5.74, 6) is 3.48. The molecule has 0 aliphatic heterocycles. The van der Waals surface area contributed by atoms with E-state index in [1.54, 1.807) is 0 Å². The molecule has 1 heteroatoms. The van der Waals surface area contributed by atoms with Crippen LogP contribution in [0.3, 0.4) is 0 Å². The SMILES string of the molecule is C[C@@]12CCC[C@H]1[C@@H]1CCC3C(=O)CC=C[C@]3(C)[C@@H]1CC2. The zero-order valence-corrected chi connectivity index (χ0v) is 13.0. The van der Waals surface area contributed by atoms with Crippen molar-refractivity contribution in [2.24, 2.45) is 34.5 Å². The number of hydrogen-bond acceptors (Lipinski definition) is 1. The van der Waals surface area contributed by atoms with Gasteiger partial charge in [0.05, 0.1) is 0 Å². The second kappa shape index (κ2) is 4.21. The Kier molecular flexibility index (Phi) is 2.76. The van der Waals surface area contributed by atoms with Crippen LogP contribution in [-0.2, 0) is 4.79 Å². The van der Waals surface area contributed by atoms with Gasteiger partial charge < -0.3 is 0 Å². The third kappa shape index (κ3) is 1.58. The number of fused-ring (bicyclic) bond motifs is 5. The fourth-order valence-corrected chi connectivity index (χ4v) is 6.70. The van der Waals surface area contributed by atoms with Crippen LogP contribution in [-0.4, -0.2) is 5.78 Å². The van der Waals surface area contributed by atoms with Crippen LogP contribution in [0.5, 0.6) is 0 Å². The number of rotatable bonds is 0. The molecule has 110 valence electrons. The van der Waals surface area contributed by atoms with Crippen LogP contribution in [0.15, 0.2) is 12.2 Å². The molecule has 1 nitrogen and oxygen atoms in total. The molecular formula is C19H28O. The van der Waals surface area contributed by atoms with Gasteiger partial charge in [-0.2, -0.15) is 0 Å². The molecule has 0 saturated heterocycles. The maximum atomic E-state index is 12.3. The molecule has 4 aliphatic rings. The van der Waals surface area contributed by atoms with Crippen molar-refractivity contribution in [1.82, 2.24) is 0 Å². The van der Waals surface area contributed by atoms with Crippen LogP contribution >= 0.6 is 0 Å². The van der Waals surface area contributed by atoms with Crippen LogP contribution in [0, 0.1) is 34.5 Å². The van der Waals surface area contributed by atoms with Crippen molar-refractivity contribution >= 4 is 5.78 Å². The second-order valence-corrected chi connectivity index (χ2v) is 8.53. The third-order valence-electron chi connectivity index (χ3n) is 7.74. The van der Waals surface area contributed by atoms with Crippen molar-refractivity contribution in [2.75, 3.05) is 0 Å². The van der Waals surface area contributed by atoms with Gasteiger partial charge in [-0.3, -0.25) is 4.79 Å². The van der Waals surface area contributed by atoms with Gasteiger partial charge in [0.2, 0.25) is 0 Å². The summed E-state index contributed by atoms with van der Waals surface area (Å²) in [7, 11) is 0. The second-order valence-electron chi connectivity index (χ2n) is 8.53. The molecule has 4 aliphatic carbocycles. The first kappa shape index (κ1) is 13.1. The predicted octanol–water partition coefficient (Wildman–Crippen LogP) is 4.76. The summed E-state index contributed by atoms with van der Waals surface area (Å²) in [6, 6.07) is 0. The van der Waals surface area contributed by atoms with E-state index < -0.39 is 0 Å². The Hall–Kier alpha value is -0.590. The molecule has 4 rings (SSSR count). The first-order valence-corrected chi connectivity index (χ1v) is 8.75. The molecule has 0 radical (unpaired) electrons. The van der Waals surface area contributed by atoms with Gasteiger partial charge in [0.1, 0.15) is 5.78 Å². The highest BCUT2D eigenvalue weighted by molar-refractivity contribution is 5.84. The van der Waals surface area contributed by atoms with E-state index in [1.165, 1.54) is 38.5 Å². The number of hydrogen-bond donors (Lipinski definition) is 0. The van der Waals surface area contributed by atoms with Crippen molar-refractivity contribution < 1.29 is 4.79 Å². The van der Waals surface area contributed by atoms with E-state index in [1.807, 2.05) is 0 Å². The Bertz CT molecular complexity index is 464. The normalized spacial score (nSPS) is 54.2. The summed E-state index contributed by atoms with van der Waals surface area (Å²) in [4.78, 5) is 12.3. The molecule has 1 unspecified atom stereocenters. The molecule has 0 heterocycles. The monoisotopic (exact) mass is 272 g/mol. The fraction of sp³-hybridized carbons (Fsp3) is 0.842. The van der Waals surface area contributed by atoms with Crippen LogP contribution < -0.4 is 0 Å². The van der Waals surface area contributed by atoms with E-state index in [0.29, 0.717) is 23.5 Å². The van der Waals surface area contributed by atoms with Crippen molar-refractivity contribution in [3.63, 3.8) is 0 Å². The van der Waals surface area contributed by atoms with E-state index >= 15 is 0 Å². The average Bonchev–Trinajstić information content (AvgIpc) is 2.80. The topological polar surface area (TPSA) is 17.1 Å². The van der Waals surface area contributed by atoms with Gasteiger partial charge in [0, 0.05) is 12.3 Å². The van der Waals surface area contributed by atoms with Gasteiger partial charge in [0.15, 0.2) is 0 Å². The minimum Gasteiger partial charge on any atom is -0.299 e. The molecule has 0 aromatic heterocycles. The van der Waals surface area contributed by atoms with Gasteiger partial charge in [-0.25, -0.2) is 0 Å². The maximum Gasteiger partial charge on any atom is 0.140 e. The summed E-state index contributed by atoms with van der Waals surface area (Å²) in [5.41, 5.74) is 0.814. The molecule has 0 spiro atoms. The summed E-state index contributed by atoms with van der Waals surface area (Å²) in [6.07, 6.45) is 14.9. The largest absolute Gasteiger partial charge is 0.299 e. The van der Waals surface area contributed by atoms with Gasteiger partial charge in [-0.1, -0.05) is 32.4 Å². The minimum atomic E-state index is 0.183. The Morgan fingerprint density at radius 1 is 1.05 bits per heavy atom. The fourth-order valence-electron chi connectivity index (χ4n) is 6.70. The summed E-state index contributed by atoms with van der Waals surface area (Å²) in [6.45, 7) is 4.96. The minimum absolute atomic E-state index is 0.183. The lowest BCUT2D eigenvalue weighted by molar-refractivity contribution is -0.135. The summed E-state index contributed by atoms with van der Waals surface area (Å²) < 4.78 is 0. The standard InChI is InChI=1S/C19H28O/c1-18-10-3-5-14(18)13-7-8-16-17(20)6-4-11-19(16,2)15(13)9-12-18/h4,11,13-16H,3,5-10,12H2,1-2H3/t13-,14-,15+,16?,18-,19+/m0/s1. The lowest BCUT2D eigenvalue weighted by Crippen LogP contribution is -2.52. The molecule has 0 N–H and O–H groups in total. The number of Topliss-reactive ketones (excluding diaryl/α,β-unsaturated/α-hetero) is 1. The van der Waals surface area contributed by atoms with Gasteiger partial charge in [0.25, 0.3) is 0 Å². The quantitative estimate of drug-likeness (QED) is 0.581. The van der Waals surface area contributed by atoms with Gasteiger partial charge in [-0.15, -0.1) is 0 Å². The highest BCUT2D eigenvalue weighted by Gasteiger charge is 2.57. The van der Waals surface area contributed by atoms with Crippen molar-refractivity contribution in [1.29, 1.82) is 0 Å². The first-order chi connectivity index (χ1) is 9.55. The third-order valence-corrected chi connectivity index (χ3v) is 7.74. The van der Waals surface area contributed by atoms with Crippen molar-refractivity contribution in [3.05, 3.63) is 12.2 Å². The first-order valence-electron chi connectivity index (χ1n) is 8.75. The summed E-state index contributed by atoms with van der Waals surface area (Å²) in [5, 5.41) is 0. The Morgan fingerprint density at radius 2 is 1.90 bits per heavy atom. The molecule has 20 heavy (non-hydrogen) atoms. The molecule has 0 amide bonds. The smallest absolute Gasteiger partial charge is 0.140 e. The highest BCUT2D eigenvalue weighted by Crippen LogP contribution is 2.64. The number of carbonyl (C=O) groups is 1.